The number of aryl methyl sites for hydroxylation is 1. The molecule has 0 aliphatic heterocycles. The van der Waals surface area contributed by atoms with Crippen LogP contribution in [0.3, 0.4) is 0 Å². The van der Waals surface area contributed by atoms with Crippen molar-refractivity contribution < 1.29 is 8.42 Å². The Kier molecular flexibility index (Phi) is 6.26. The summed E-state index contributed by atoms with van der Waals surface area (Å²) in [5.74, 6) is 0.568. The summed E-state index contributed by atoms with van der Waals surface area (Å²) in [6, 6.07) is 7.00. The number of amidine groups is 1. The zero-order valence-electron chi connectivity index (χ0n) is 13.9. The van der Waals surface area contributed by atoms with Gasteiger partial charge in [-0.15, -0.1) is 0 Å². The number of rotatable bonds is 4. The second kappa shape index (κ2) is 7.79. The van der Waals surface area contributed by atoms with Gasteiger partial charge in [-0.1, -0.05) is 60.3 Å². The van der Waals surface area contributed by atoms with E-state index in [0.29, 0.717) is 10.7 Å². The lowest BCUT2D eigenvalue weighted by atomic mass is 9.95. The van der Waals surface area contributed by atoms with Gasteiger partial charge >= 0.3 is 0 Å². The zero-order chi connectivity index (χ0) is 17.0. The van der Waals surface area contributed by atoms with Crippen LogP contribution in [0.5, 0.6) is 0 Å². The Morgan fingerprint density at radius 1 is 1.22 bits per heavy atom. The van der Waals surface area contributed by atoms with Crippen molar-refractivity contribution in [1.82, 2.24) is 4.72 Å². The summed E-state index contributed by atoms with van der Waals surface area (Å²) < 4.78 is 27.9. The second-order valence-corrected chi connectivity index (χ2v) is 9.31. The standard InChI is InChI=1S/C17H25BrN2O2S/c1-12(2)17(19-16-7-5-4-6-15(16)18)20-23(21,22)14-10-8-13(3)9-11-14/h8-12,15-16H,4-7H2,1-3H3,(H,19,20)/t15-,16-/m0/s1. The van der Waals surface area contributed by atoms with Gasteiger partial charge in [0.2, 0.25) is 0 Å². The van der Waals surface area contributed by atoms with Crippen LogP contribution < -0.4 is 4.72 Å². The van der Waals surface area contributed by atoms with E-state index in [1.165, 1.54) is 6.42 Å². The summed E-state index contributed by atoms with van der Waals surface area (Å²) >= 11 is 3.68. The molecule has 0 heterocycles. The quantitative estimate of drug-likeness (QED) is 0.470. The van der Waals surface area contributed by atoms with Crippen LogP contribution in [0, 0.1) is 12.8 Å². The number of hydrogen-bond donors (Lipinski definition) is 1. The molecule has 1 aliphatic carbocycles. The Hall–Kier alpha value is -0.880. The summed E-state index contributed by atoms with van der Waals surface area (Å²) in [5.41, 5.74) is 1.03. The highest BCUT2D eigenvalue weighted by molar-refractivity contribution is 9.09. The lowest BCUT2D eigenvalue weighted by Crippen LogP contribution is -2.36. The first kappa shape index (κ1) is 18.5. The molecule has 0 amide bonds. The van der Waals surface area contributed by atoms with Crippen LogP contribution in [0.1, 0.15) is 45.1 Å². The maximum atomic E-state index is 12.6. The molecule has 0 radical (unpaired) electrons. The van der Waals surface area contributed by atoms with E-state index in [4.69, 9.17) is 4.99 Å². The molecule has 0 aromatic heterocycles. The molecular formula is C17H25BrN2O2S. The summed E-state index contributed by atoms with van der Waals surface area (Å²) in [5, 5.41) is 0. The number of sulfonamides is 1. The van der Waals surface area contributed by atoms with Crippen molar-refractivity contribution in [2.75, 3.05) is 0 Å². The molecule has 4 nitrogen and oxygen atoms in total. The average molecular weight is 401 g/mol. The normalized spacial score (nSPS) is 23.1. The number of hydrogen-bond acceptors (Lipinski definition) is 3. The van der Waals surface area contributed by atoms with E-state index in [2.05, 4.69) is 20.7 Å². The van der Waals surface area contributed by atoms with Gasteiger partial charge in [-0.05, 0) is 31.9 Å². The highest BCUT2D eigenvalue weighted by atomic mass is 79.9. The van der Waals surface area contributed by atoms with Gasteiger partial charge in [-0.3, -0.25) is 9.71 Å². The van der Waals surface area contributed by atoms with Crippen molar-refractivity contribution in [2.45, 2.75) is 62.2 Å². The molecule has 2 rings (SSSR count). The molecule has 1 aliphatic rings. The van der Waals surface area contributed by atoms with Crippen LogP contribution in [0.25, 0.3) is 0 Å². The number of nitrogens with zero attached hydrogens (tertiary/aromatic N) is 1. The minimum atomic E-state index is -3.59. The van der Waals surface area contributed by atoms with E-state index in [0.717, 1.165) is 24.8 Å². The van der Waals surface area contributed by atoms with Crippen molar-refractivity contribution in [3.8, 4) is 0 Å². The summed E-state index contributed by atoms with van der Waals surface area (Å²) in [4.78, 5) is 5.33. The molecule has 1 aromatic rings. The molecule has 1 N–H and O–H groups in total. The SMILES string of the molecule is Cc1ccc(S(=O)(=O)NC(=N[C@H]2CCCC[C@@H]2Br)C(C)C)cc1. The molecule has 0 saturated heterocycles. The van der Waals surface area contributed by atoms with Gasteiger partial charge in [-0.25, -0.2) is 8.42 Å². The van der Waals surface area contributed by atoms with E-state index in [9.17, 15) is 8.42 Å². The molecule has 6 heteroatoms. The van der Waals surface area contributed by atoms with Gasteiger partial charge in [0.1, 0.15) is 5.84 Å². The third kappa shape index (κ3) is 5.05. The molecule has 128 valence electrons. The van der Waals surface area contributed by atoms with E-state index in [-0.39, 0.29) is 16.9 Å². The lowest BCUT2D eigenvalue weighted by Gasteiger charge is -2.26. The largest absolute Gasteiger partial charge is 0.267 e. The second-order valence-electron chi connectivity index (χ2n) is 6.46. The Morgan fingerprint density at radius 3 is 2.39 bits per heavy atom. The third-order valence-electron chi connectivity index (χ3n) is 4.07. The topological polar surface area (TPSA) is 58.5 Å². The Labute approximate surface area is 148 Å². The molecule has 0 spiro atoms. The Bertz CT molecular complexity index is 654. The maximum absolute atomic E-state index is 12.6. The average Bonchev–Trinajstić information content (AvgIpc) is 2.49. The number of benzene rings is 1. The van der Waals surface area contributed by atoms with Gasteiger partial charge in [0.25, 0.3) is 10.0 Å². The van der Waals surface area contributed by atoms with E-state index < -0.39 is 10.0 Å². The van der Waals surface area contributed by atoms with Crippen LogP contribution >= 0.6 is 15.9 Å². The summed E-state index contributed by atoms with van der Waals surface area (Å²) in [6.07, 6.45) is 4.43. The molecule has 0 unspecified atom stereocenters. The third-order valence-corrected chi connectivity index (χ3v) is 6.51. The highest BCUT2D eigenvalue weighted by Crippen LogP contribution is 2.27. The predicted octanol–water partition coefficient (Wildman–Crippen LogP) is 4.03. The molecule has 1 saturated carbocycles. The number of aliphatic imine (C=N–C) groups is 1. The minimum absolute atomic E-state index is 0.0249. The number of alkyl halides is 1. The first-order valence-electron chi connectivity index (χ1n) is 8.11. The first-order chi connectivity index (χ1) is 10.8. The van der Waals surface area contributed by atoms with Crippen LogP contribution in [0.4, 0.5) is 0 Å². The van der Waals surface area contributed by atoms with E-state index >= 15 is 0 Å². The molecule has 2 atom stereocenters. The van der Waals surface area contributed by atoms with E-state index in [1.54, 1.807) is 24.3 Å². The van der Waals surface area contributed by atoms with Crippen molar-refractivity contribution in [1.29, 1.82) is 0 Å². The van der Waals surface area contributed by atoms with Crippen molar-refractivity contribution in [3.05, 3.63) is 29.8 Å². The smallest absolute Gasteiger partial charge is 0.262 e. The van der Waals surface area contributed by atoms with Gasteiger partial charge in [0, 0.05) is 10.7 Å². The van der Waals surface area contributed by atoms with Crippen molar-refractivity contribution >= 4 is 31.8 Å². The molecular weight excluding hydrogens is 376 g/mol. The zero-order valence-corrected chi connectivity index (χ0v) is 16.3. The number of halogens is 1. The first-order valence-corrected chi connectivity index (χ1v) is 10.5. The van der Waals surface area contributed by atoms with Crippen molar-refractivity contribution in [2.24, 2.45) is 10.9 Å². The van der Waals surface area contributed by atoms with Crippen LogP contribution in [-0.4, -0.2) is 25.1 Å². The van der Waals surface area contributed by atoms with Crippen molar-refractivity contribution in [3.63, 3.8) is 0 Å². The molecule has 1 fully saturated rings. The molecule has 23 heavy (non-hydrogen) atoms. The van der Waals surface area contributed by atoms with Gasteiger partial charge in [0.15, 0.2) is 0 Å². The maximum Gasteiger partial charge on any atom is 0.262 e. The fourth-order valence-electron chi connectivity index (χ4n) is 2.60. The molecule has 1 aromatic carbocycles. The minimum Gasteiger partial charge on any atom is -0.267 e. The van der Waals surface area contributed by atoms with Crippen LogP contribution in [0.2, 0.25) is 0 Å². The van der Waals surface area contributed by atoms with Crippen LogP contribution in [-0.2, 0) is 10.0 Å². The Balaban J connectivity index is 2.23. The monoisotopic (exact) mass is 400 g/mol. The van der Waals surface area contributed by atoms with E-state index in [1.807, 2.05) is 20.8 Å². The Morgan fingerprint density at radius 2 is 1.83 bits per heavy atom. The van der Waals surface area contributed by atoms with Gasteiger partial charge < -0.3 is 0 Å². The van der Waals surface area contributed by atoms with Crippen LogP contribution in [0.15, 0.2) is 34.2 Å². The van der Waals surface area contributed by atoms with Gasteiger partial charge in [0.05, 0.1) is 10.9 Å². The lowest BCUT2D eigenvalue weighted by molar-refractivity contribution is 0.458. The fourth-order valence-corrected chi connectivity index (χ4v) is 4.48. The highest BCUT2D eigenvalue weighted by Gasteiger charge is 2.25. The summed E-state index contributed by atoms with van der Waals surface area (Å²) in [7, 11) is -3.59. The molecule has 0 bridgehead atoms. The predicted molar refractivity (Wildman–Crippen MR) is 98.7 cm³/mol. The number of nitrogens with one attached hydrogen (secondary N) is 1. The summed E-state index contributed by atoms with van der Waals surface area (Å²) in [6.45, 7) is 5.86. The fraction of sp³-hybridized carbons (Fsp3) is 0.588. The van der Waals surface area contributed by atoms with Gasteiger partial charge in [-0.2, -0.15) is 0 Å².